The van der Waals surface area contributed by atoms with Crippen molar-refractivity contribution >= 4 is 46.7 Å². The highest BCUT2D eigenvalue weighted by Gasteiger charge is 2.24. The number of benzene rings is 1. The van der Waals surface area contributed by atoms with E-state index < -0.39 is 34.3 Å². The summed E-state index contributed by atoms with van der Waals surface area (Å²) in [7, 11) is 0. The van der Waals surface area contributed by atoms with Gasteiger partial charge in [0.05, 0.1) is 28.8 Å². The standard InChI is InChI=1S/C17H17ClN6O7/c1-3-30-16(26)14(20-15(25)17(27)31-4-2)22-21-11-9-12(23-7-5-6-19-23)10(18)8-13(11)24(28)29/h5-9,21H,3-4H2,1-2H3,(H,20,22,25). The molecule has 0 aliphatic rings. The molecule has 0 fully saturated rings. The minimum absolute atomic E-state index is 0.0335. The van der Waals surface area contributed by atoms with Crippen molar-refractivity contribution in [1.82, 2.24) is 15.1 Å². The zero-order chi connectivity index (χ0) is 23.0. The van der Waals surface area contributed by atoms with Crippen LogP contribution in [0.5, 0.6) is 0 Å². The van der Waals surface area contributed by atoms with Crippen LogP contribution >= 0.6 is 11.6 Å². The molecule has 1 heterocycles. The Morgan fingerprint density at radius 2 is 1.90 bits per heavy atom. The molecule has 13 nitrogen and oxygen atoms in total. The van der Waals surface area contributed by atoms with Crippen molar-refractivity contribution < 1.29 is 28.8 Å². The molecule has 2 aromatic rings. The zero-order valence-electron chi connectivity index (χ0n) is 16.3. The predicted molar refractivity (Wildman–Crippen MR) is 108 cm³/mol. The van der Waals surface area contributed by atoms with Gasteiger partial charge >= 0.3 is 17.8 Å². The number of hydrogen-bond donors (Lipinski definition) is 2. The summed E-state index contributed by atoms with van der Waals surface area (Å²) in [5, 5.41) is 21.1. The number of esters is 2. The number of carbonyl (C=O) groups excluding carboxylic acids is 3. The Labute approximate surface area is 180 Å². The lowest BCUT2D eigenvalue weighted by Gasteiger charge is -2.10. The number of hydrazone groups is 1. The Morgan fingerprint density at radius 3 is 2.48 bits per heavy atom. The van der Waals surface area contributed by atoms with Crippen molar-refractivity contribution in [3.63, 3.8) is 0 Å². The molecule has 0 aliphatic heterocycles. The molecule has 164 valence electrons. The lowest BCUT2D eigenvalue weighted by molar-refractivity contribution is -0.383. The molecule has 1 aromatic heterocycles. The molecule has 0 unspecified atom stereocenters. The van der Waals surface area contributed by atoms with E-state index in [4.69, 9.17) is 16.3 Å². The SMILES string of the molecule is CCOC(=O)C(=O)N/C(=N/Nc1cc(-n2cccn2)c(Cl)cc1[N+](=O)[O-])C(=O)OCC. The second kappa shape index (κ2) is 10.7. The van der Waals surface area contributed by atoms with Crippen molar-refractivity contribution in [2.75, 3.05) is 18.6 Å². The minimum atomic E-state index is -1.28. The third kappa shape index (κ3) is 5.99. The van der Waals surface area contributed by atoms with E-state index in [1.165, 1.54) is 30.8 Å². The number of anilines is 1. The average molecular weight is 453 g/mol. The van der Waals surface area contributed by atoms with Crippen molar-refractivity contribution in [2.24, 2.45) is 5.10 Å². The van der Waals surface area contributed by atoms with Gasteiger partial charge in [-0.15, -0.1) is 5.10 Å². The first kappa shape index (κ1) is 23.3. The van der Waals surface area contributed by atoms with E-state index in [0.717, 1.165) is 6.07 Å². The van der Waals surface area contributed by atoms with Crippen LogP contribution in [0.15, 0.2) is 35.7 Å². The molecular formula is C17H17ClN6O7. The van der Waals surface area contributed by atoms with Crippen LogP contribution in [-0.2, 0) is 23.9 Å². The Balaban J connectivity index is 2.41. The van der Waals surface area contributed by atoms with E-state index in [9.17, 15) is 24.5 Å². The van der Waals surface area contributed by atoms with Crippen molar-refractivity contribution in [3.05, 3.63) is 45.7 Å². The molecule has 0 saturated carbocycles. The number of amidine groups is 1. The number of amides is 1. The third-order valence-electron chi connectivity index (χ3n) is 3.46. The quantitative estimate of drug-likeness (QED) is 0.164. The summed E-state index contributed by atoms with van der Waals surface area (Å²) < 4.78 is 10.7. The summed E-state index contributed by atoms with van der Waals surface area (Å²) in [6.07, 6.45) is 3.04. The van der Waals surface area contributed by atoms with Crippen LogP contribution in [0, 0.1) is 10.1 Å². The summed E-state index contributed by atoms with van der Waals surface area (Å²) in [5.41, 5.74) is 1.96. The molecule has 0 bridgehead atoms. The molecule has 31 heavy (non-hydrogen) atoms. The lowest BCUT2D eigenvalue weighted by atomic mass is 10.2. The van der Waals surface area contributed by atoms with Gasteiger partial charge in [0.25, 0.3) is 5.69 Å². The van der Waals surface area contributed by atoms with Gasteiger partial charge in [-0.25, -0.2) is 14.3 Å². The fraction of sp³-hybridized carbons (Fsp3) is 0.235. The fourth-order valence-electron chi connectivity index (χ4n) is 2.17. The third-order valence-corrected chi connectivity index (χ3v) is 3.77. The van der Waals surface area contributed by atoms with Gasteiger partial charge in [-0.05, 0) is 26.0 Å². The smallest absolute Gasteiger partial charge is 0.397 e. The number of aromatic nitrogens is 2. The number of hydrogen-bond acceptors (Lipinski definition) is 10. The van der Waals surface area contributed by atoms with E-state index in [-0.39, 0.29) is 29.6 Å². The van der Waals surface area contributed by atoms with Crippen LogP contribution in [-0.4, -0.2) is 51.6 Å². The second-order valence-electron chi connectivity index (χ2n) is 5.50. The highest BCUT2D eigenvalue weighted by molar-refractivity contribution is 6.45. The first-order chi connectivity index (χ1) is 14.8. The summed E-state index contributed by atoms with van der Waals surface area (Å²) in [6, 6.07) is 3.96. The summed E-state index contributed by atoms with van der Waals surface area (Å²) in [5.74, 6) is -4.34. The van der Waals surface area contributed by atoms with Crippen LogP contribution in [0.1, 0.15) is 13.8 Å². The number of halogens is 1. The molecule has 0 atom stereocenters. The number of nitrogens with one attached hydrogen (secondary N) is 2. The Bertz CT molecular complexity index is 1020. The molecule has 14 heteroatoms. The maximum absolute atomic E-state index is 12.1. The maximum atomic E-state index is 12.1. The van der Waals surface area contributed by atoms with Gasteiger partial charge in [0.2, 0.25) is 5.84 Å². The topological polar surface area (TPSA) is 167 Å². The van der Waals surface area contributed by atoms with E-state index >= 15 is 0 Å². The van der Waals surface area contributed by atoms with Crippen LogP contribution in [0.2, 0.25) is 5.02 Å². The first-order valence-corrected chi connectivity index (χ1v) is 9.13. The lowest BCUT2D eigenvalue weighted by Crippen LogP contribution is -2.42. The molecule has 0 radical (unpaired) electrons. The van der Waals surface area contributed by atoms with Gasteiger partial charge in [-0.1, -0.05) is 11.6 Å². The first-order valence-electron chi connectivity index (χ1n) is 8.75. The van der Waals surface area contributed by atoms with Gasteiger partial charge < -0.3 is 9.47 Å². The van der Waals surface area contributed by atoms with Gasteiger partial charge in [0, 0.05) is 18.5 Å². The maximum Gasteiger partial charge on any atom is 0.397 e. The average Bonchev–Trinajstić information content (AvgIpc) is 3.26. The number of nitro groups is 1. The van der Waals surface area contributed by atoms with Gasteiger partial charge in [0.1, 0.15) is 5.69 Å². The van der Waals surface area contributed by atoms with Crippen LogP contribution in [0.3, 0.4) is 0 Å². The Morgan fingerprint density at radius 1 is 1.23 bits per heavy atom. The minimum Gasteiger partial charge on any atom is -0.460 e. The number of nitro benzene ring substituents is 1. The number of nitrogens with zero attached hydrogens (tertiary/aromatic N) is 4. The van der Waals surface area contributed by atoms with E-state index in [0.29, 0.717) is 0 Å². The monoisotopic (exact) mass is 452 g/mol. The highest BCUT2D eigenvalue weighted by Crippen LogP contribution is 2.33. The largest absolute Gasteiger partial charge is 0.460 e. The van der Waals surface area contributed by atoms with Crippen LogP contribution < -0.4 is 10.7 Å². The molecule has 1 amide bonds. The van der Waals surface area contributed by atoms with E-state index in [1.807, 2.05) is 5.32 Å². The van der Waals surface area contributed by atoms with Crippen LogP contribution in [0.4, 0.5) is 11.4 Å². The predicted octanol–water partition coefficient (Wildman–Crippen LogP) is 1.40. The second-order valence-corrected chi connectivity index (χ2v) is 5.90. The van der Waals surface area contributed by atoms with E-state index in [2.05, 4.69) is 20.4 Å². The van der Waals surface area contributed by atoms with Crippen molar-refractivity contribution in [1.29, 1.82) is 0 Å². The van der Waals surface area contributed by atoms with Gasteiger partial charge in [0.15, 0.2) is 0 Å². The van der Waals surface area contributed by atoms with Gasteiger partial charge in [-0.3, -0.25) is 25.7 Å². The zero-order valence-corrected chi connectivity index (χ0v) is 17.1. The molecule has 0 saturated heterocycles. The highest BCUT2D eigenvalue weighted by atomic mass is 35.5. The Hall–Kier alpha value is -4.00. The number of carbonyl (C=O) groups is 3. The molecule has 0 aliphatic carbocycles. The normalized spacial score (nSPS) is 10.9. The van der Waals surface area contributed by atoms with Crippen molar-refractivity contribution in [3.8, 4) is 5.69 Å². The van der Waals surface area contributed by atoms with Gasteiger partial charge in [-0.2, -0.15) is 5.10 Å². The number of ether oxygens (including phenoxy) is 2. The molecule has 0 spiro atoms. The number of rotatable bonds is 6. The van der Waals surface area contributed by atoms with Crippen LogP contribution in [0.25, 0.3) is 5.69 Å². The van der Waals surface area contributed by atoms with Crippen molar-refractivity contribution in [2.45, 2.75) is 13.8 Å². The molecule has 2 rings (SSSR count). The molecule has 1 aromatic carbocycles. The summed E-state index contributed by atoms with van der Waals surface area (Å²) in [4.78, 5) is 46.1. The summed E-state index contributed by atoms with van der Waals surface area (Å²) in [6.45, 7) is 2.88. The molecule has 2 N–H and O–H groups in total. The Kier molecular flexibility index (Phi) is 8.02. The van der Waals surface area contributed by atoms with E-state index in [1.54, 1.807) is 12.3 Å². The summed E-state index contributed by atoms with van der Waals surface area (Å²) >= 11 is 6.11. The molecular weight excluding hydrogens is 436 g/mol. The fourth-order valence-corrected chi connectivity index (χ4v) is 2.42.